The number of aliphatic hydroxyl groups excluding tert-OH is 3. The van der Waals surface area contributed by atoms with Crippen molar-refractivity contribution in [1.82, 2.24) is 5.32 Å². The topological polar surface area (TPSA) is 108 Å². The SMILES string of the molecule is CO[C@@H]1O[C@H](CO)[C@@H](O)[C@H](O)[C@H]1NC(=O)/C=C/C=C/c1ccccc1. The maximum absolute atomic E-state index is 12.0. The van der Waals surface area contributed by atoms with E-state index in [1.54, 1.807) is 12.2 Å². The van der Waals surface area contributed by atoms with Gasteiger partial charge in [0.2, 0.25) is 5.91 Å². The van der Waals surface area contributed by atoms with Gasteiger partial charge in [-0.25, -0.2) is 0 Å². The maximum atomic E-state index is 12.0. The molecule has 25 heavy (non-hydrogen) atoms. The van der Waals surface area contributed by atoms with Crippen LogP contribution in [0.4, 0.5) is 0 Å². The molecular formula is C18H23NO6. The minimum Gasteiger partial charge on any atom is -0.394 e. The molecule has 0 radical (unpaired) electrons. The van der Waals surface area contributed by atoms with Gasteiger partial charge in [0.05, 0.1) is 6.61 Å². The molecule has 5 atom stereocenters. The predicted octanol–water partition coefficient (Wildman–Crippen LogP) is -0.174. The Labute approximate surface area is 146 Å². The molecule has 7 heteroatoms. The highest BCUT2D eigenvalue weighted by Crippen LogP contribution is 2.21. The zero-order valence-corrected chi connectivity index (χ0v) is 13.9. The standard InChI is InChI=1S/C18H23NO6/c1-24-18-15(17(23)16(22)13(11-20)25-18)19-14(21)10-6-5-9-12-7-3-2-4-8-12/h2-10,13,15-18,20,22-23H,11H2,1H3,(H,19,21)/b9-5+,10-6+/t13-,15-,16-,17-,18-/m1/s1. The third kappa shape index (κ3) is 5.22. The fourth-order valence-electron chi connectivity index (χ4n) is 2.52. The average molecular weight is 349 g/mol. The van der Waals surface area contributed by atoms with E-state index in [1.165, 1.54) is 13.2 Å². The Kier molecular flexibility index (Phi) is 7.30. The average Bonchev–Trinajstić information content (AvgIpc) is 2.64. The lowest BCUT2D eigenvalue weighted by atomic mass is 9.97. The van der Waals surface area contributed by atoms with Crippen LogP contribution in [0.2, 0.25) is 0 Å². The lowest BCUT2D eigenvalue weighted by Crippen LogP contribution is -2.64. The number of hydrogen-bond acceptors (Lipinski definition) is 6. The number of allylic oxidation sites excluding steroid dienone is 2. The van der Waals surface area contributed by atoms with Gasteiger partial charge in [0.1, 0.15) is 24.4 Å². The van der Waals surface area contributed by atoms with Crippen molar-refractivity contribution in [3.63, 3.8) is 0 Å². The van der Waals surface area contributed by atoms with Gasteiger partial charge >= 0.3 is 0 Å². The molecule has 2 rings (SSSR count). The lowest BCUT2D eigenvalue weighted by Gasteiger charge is -2.41. The van der Waals surface area contributed by atoms with Crippen molar-refractivity contribution in [3.05, 3.63) is 54.1 Å². The summed E-state index contributed by atoms with van der Waals surface area (Å²) in [5.41, 5.74) is 1.00. The fourth-order valence-corrected chi connectivity index (χ4v) is 2.52. The summed E-state index contributed by atoms with van der Waals surface area (Å²) in [7, 11) is 1.35. The highest BCUT2D eigenvalue weighted by Gasteiger charge is 2.44. The van der Waals surface area contributed by atoms with E-state index in [1.807, 2.05) is 36.4 Å². The molecule has 1 aliphatic heterocycles. The first-order valence-electron chi connectivity index (χ1n) is 7.92. The molecule has 0 spiro atoms. The molecule has 1 fully saturated rings. The van der Waals surface area contributed by atoms with Gasteiger partial charge < -0.3 is 30.1 Å². The van der Waals surface area contributed by atoms with Gasteiger partial charge in [0.25, 0.3) is 0 Å². The highest BCUT2D eigenvalue weighted by molar-refractivity contribution is 5.88. The smallest absolute Gasteiger partial charge is 0.244 e. The van der Waals surface area contributed by atoms with Gasteiger partial charge in [-0.15, -0.1) is 0 Å². The van der Waals surface area contributed by atoms with Gasteiger partial charge in [0.15, 0.2) is 6.29 Å². The van der Waals surface area contributed by atoms with Crippen LogP contribution in [-0.2, 0) is 14.3 Å². The Morgan fingerprint density at radius 1 is 1.24 bits per heavy atom. The van der Waals surface area contributed by atoms with Crippen LogP contribution in [0, 0.1) is 0 Å². The number of methoxy groups -OCH3 is 1. The molecule has 1 heterocycles. The second-order valence-electron chi connectivity index (χ2n) is 5.61. The summed E-state index contributed by atoms with van der Waals surface area (Å²) in [6.07, 6.45) is 1.81. The quantitative estimate of drug-likeness (QED) is 0.419. The number of aliphatic hydroxyl groups is 3. The van der Waals surface area contributed by atoms with E-state index in [9.17, 15) is 15.0 Å². The van der Waals surface area contributed by atoms with E-state index in [0.29, 0.717) is 0 Å². The van der Waals surface area contributed by atoms with Crippen molar-refractivity contribution < 1.29 is 29.6 Å². The number of amides is 1. The van der Waals surface area contributed by atoms with E-state index in [0.717, 1.165) is 5.56 Å². The molecule has 4 N–H and O–H groups in total. The van der Waals surface area contributed by atoms with Crippen molar-refractivity contribution in [2.45, 2.75) is 30.6 Å². The number of benzene rings is 1. The van der Waals surface area contributed by atoms with Crippen LogP contribution in [0.15, 0.2) is 48.6 Å². The van der Waals surface area contributed by atoms with E-state index in [2.05, 4.69) is 5.32 Å². The van der Waals surface area contributed by atoms with Crippen molar-refractivity contribution in [1.29, 1.82) is 0 Å². The zero-order valence-electron chi connectivity index (χ0n) is 13.9. The number of nitrogens with one attached hydrogen (secondary N) is 1. The first-order chi connectivity index (χ1) is 12.1. The summed E-state index contributed by atoms with van der Waals surface area (Å²) in [6.45, 7) is -0.469. The molecule has 1 aliphatic rings. The molecule has 7 nitrogen and oxygen atoms in total. The molecule has 0 aliphatic carbocycles. The van der Waals surface area contributed by atoms with Crippen molar-refractivity contribution in [2.24, 2.45) is 0 Å². The first-order valence-corrected chi connectivity index (χ1v) is 7.92. The maximum Gasteiger partial charge on any atom is 0.244 e. The van der Waals surface area contributed by atoms with Gasteiger partial charge in [-0.3, -0.25) is 4.79 Å². The molecule has 1 saturated heterocycles. The van der Waals surface area contributed by atoms with Crippen LogP contribution in [-0.4, -0.2) is 65.6 Å². The highest BCUT2D eigenvalue weighted by atomic mass is 16.7. The molecule has 0 unspecified atom stereocenters. The molecule has 0 aromatic heterocycles. The summed E-state index contributed by atoms with van der Waals surface area (Å²) in [5, 5.41) is 31.7. The van der Waals surface area contributed by atoms with E-state index in [-0.39, 0.29) is 0 Å². The van der Waals surface area contributed by atoms with Crippen LogP contribution in [0.1, 0.15) is 5.56 Å². The van der Waals surface area contributed by atoms with E-state index in [4.69, 9.17) is 14.6 Å². The van der Waals surface area contributed by atoms with Crippen LogP contribution in [0.5, 0.6) is 0 Å². The minimum absolute atomic E-state index is 0.469. The fraction of sp³-hybridized carbons (Fsp3) is 0.389. The third-order valence-electron chi connectivity index (χ3n) is 3.87. The summed E-state index contributed by atoms with van der Waals surface area (Å²) < 4.78 is 10.4. The third-order valence-corrected chi connectivity index (χ3v) is 3.87. The van der Waals surface area contributed by atoms with Gasteiger partial charge in [-0.2, -0.15) is 0 Å². The number of hydrogen-bond donors (Lipinski definition) is 4. The van der Waals surface area contributed by atoms with Crippen LogP contribution < -0.4 is 5.32 Å². The molecule has 136 valence electrons. The Morgan fingerprint density at radius 3 is 2.60 bits per heavy atom. The lowest BCUT2D eigenvalue weighted by molar-refractivity contribution is -0.262. The number of carbonyl (C=O) groups excluding carboxylic acids is 1. The second-order valence-corrected chi connectivity index (χ2v) is 5.61. The van der Waals surface area contributed by atoms with Crippen LogP contribution >= 0.6 is 0 Å². The number of rotatable bonds is 6. The van der Waals surface area contributed by atoms with Gasteiger partial charge in [-0.1, -0.05) is 48.6 Å². The largest absolute Gasteiger partial charge is 0.394 e. The van der Waals surface area contributed by atoms with Crippen molar-refractivity contribution in [3.8, 4) is 0 Å². The molecule has 0 saturated carbocycles. The molecule has 0 bridgehead atoms. The Hall–Kier alpha value is -2.03. The van der Waals surface area contributed by atoms with Gasteiger partial charge in [0, 0.05) is 13.2 Å². The number of ether oxygens (including phenoxy) is 2. The molecule has 1 amide bonds. The Bertz CT molecular complexity index is 601. The summed E-state index contributed by atoms with van der Waals surface area (Å²) in [5.74, 6) is -0.470. The summed E-state index contributed by atoms with van der Waals surface area (Å²) >= 11 is 0. The van der Waals surface area contributed by atoms with Crippen molar-refractivity contribution in [2.75, 3.05) is 13.7 Å². The molecule has 1 aromatic rings. The Balaban J connectivity index is 1.94. The van der Waals surface area contributed by atoms with E-state index < -0.39 is 43.2 Å². The number of carbonyl (C=O) groups is 1. The second kappa shape index (κ2) is 9.45. The van der Waals surface area contributed by atoms with Crippen LogP contribution in [0.25, 0.3) is 6.08 Å². The van der Waals surface area contributed by atoms with Crippen LogP contribution in [0.3, 0.4) is 0 Å². The minimum atomic E-state index is -1.33. The zero-order chi connectivity index (χ0) is 18.2. The van der Waals surface area contributed by atoms with Crippen molar-refractivity contribution >= 4 is 12.0 Å². The summed E-state index contributed by atoms with van der Waals surface area (Å²) in [4.78, 5) is 12.0. The predicted molar refractivity (Wildman–Crippen MR) is 91.3 cm³/mol. The Morgan fingerprint density at radius 2 is 1.96 bits per heavy atom. The summed E-state index contributed by atoms with van der Waals surface area (Å²) in [6, 6.07) is 8.65. The molecular weight excluding hydrogens is 326 g/mol. The molecule has 1 aromatic carbocycles. The first kappa shape index (κ1) is 19.3. The van der Waals surface area contributed by atoms with E-state index >= 15 is 0 Å². The normalized spacial score (nSPS) is 30.0. The van der Waals surface area contributed by atoms with Gasteiger partial charge in [-0.05, 0) is 5.56 Å². The monoisotopic (exact) mass is 349 g/mol.